The number of carbonyl (C=O) groups excluding carboxylic acids is 2. The molecule has 3 rings (SSSR count). The number of carbonyl (C=O) groups is 2. The van der Waals surface area contributed by atoms with Gasteiger partial charge in [0.1, 0.15) is 12.6 Å². The molecule has 202 valence electrons. The lowest BCUT2D eigenvalue weighted by molar-refractivity contribution is -0.139. The van der Waals surface area contributed by atoms with Crippen LogP contribution >= 0.6 is 23.2 Å². The molecule has 7 nitrogen and oxygen atoms in total. The lowest BCUT2D eigenvalue weighted by atomic mass is 10.1. The van der Waals surface area contributed by atoms with E-state index in [0.29, 0.717) is 0 Å². The van der Waals surface area contributed by atoms with Gasteiger partial charge in [-0.2, -0.15) is 0 Å². The first kappa shape index (κ1) is 29.5. The molecule has 10 heteroatoms. The Kier molecular flexibility index (Phi) is 10.2. The molecule has 0 aliphatic carbocycles. The Labute approximate surface area is 234 Å². The predicted molar refractivity (Wildman–Crippen MR) is 152 cm³/mol. The molecule has 0 fully saturated rings. The van der Waals surface area contributed by atoms with Crippen LogP contribution in [0.1, 0.15) is 32.8 Å². The number of amides is 2. The van der Waals surface area contributed by atoms with Crippen LogP contribution < -0.4 is 9.62 Å². The van der Waals surface area contributed by atoms with Crippen LogP contribution in [0.5, 0.6) is 0 Å². The summed E-state index contributed by atoms with van der Waals surface area (Å²) in [5.74, 6) is -0.873. The quantitative estimate of drug-likeness (QED) is 0.326. The first-order valence-corrected chi connectivity index (χ1v) is 14.4. The zero-order valence-electron chi connectivity index (χ0n) is 21.5. The minimum Gasteiger partial charge on any atom is -0.352 e. The van der Waals surface area contributed by atoms with Gasteiger partial charge >= 0.3 is 0 Å². The second-order valence-electron chi connectivity index (χ2n) is 8.92. The third-order valence-corrected chi connectivity index (χ3v) is 8.69. The number of benzene rings is 3. The summed E-state index contributed by atoms with van der Waals surface area (Å²) in [6, 6.07) is 20.5. The summed E-state index contributed by atoms with van der Waals surface area (Å²) in [6.07, 6.45) is 0.728. The third-order valence-electron chi connectivity index (χ3n) is 6.17. The molecular weight excluding hydrogens is 545 g/mol. The van der Waals surface area contributed by atoms with Crippen LogP contribution in [0, 0.1) is 0 Å². The van der Waals surface area contributed by atoms with Gasteiger partial charge in [-0.05, 0) is 56.2 Å². The minimum atomic E-state index is -4.17. The molecule has 3 aromatic carbocycles. The van der Waals surface area contributed by atoms with Crippen LogP contribution in [0.15, 0.2) is 83.8 Å². The van der Waals surface area contributed by atoms with Gasteiger partial charge in [0.05, 0.1) is 20.6 Å². The van der Waals surface area contributed by atoms with Crippen molar-refractivity contribution in [1.82, 2.24) is 10.2 Å². The summed E-state index contributed by atoms with van der Waals surface area (Å²) in [7, 11) is -4.17. The van der Waals surface area contributed by atoms with Crippen molar-refractivity contribution in [3.8, 4) is 0 Å². The Hall–Kier alpha value is -3.07. The third kappa shape index (κ3) is 7.28. The Balaban J connectivity index is 2.02. The van der Waals surface area contributed by atoms with E-state index in [1.54, 1.807) is 25.1 Å². The molecule has 0 heterocycles. The maximum atomic E-state index is 13.8. The van der Waals surface area contributed by atoms with Gasteiger partial charge < -0.3 is 10.2 Å². The average Bonchev–Trinajstić information content (AvgIpc) is 2.92. The average molecular weight is 577 g/mol. The maximum Gasteiger partial charge on any atom is 0.264 e. The van der Waals surface area contributed by atoms with Crippen molar-refractivity contribution in [2.24, 2.45) is 0 Å². The molecule has 0 bridgehead atoms. The number of halogens is 2. The molecule has 1 N–H and O–H groups in total. The summed E-state index contributed by atoms with van der Waals surface area (Å²) in [5.41, 5.74) is 0.976. The van der Waals surface area contributed by atoms with Crippen LogP contribution in [0.4, 0.5) is 5.69 Å². The fourth-order valence-corrected chi connectivity index (χ4v) is 5.44. The summed E-state index contributed by atoms with van der Waals surface area (Å²) < 4.78 is 28.5. The predicted octanol–water partition coefficient (Wildman–Crippen LogP) is 5.52. The fraction of sp³-hybridized carbons (Fsp3) is 0.286. The molecule has 0 aliphatic rings. The molecule has 3 aromatic rings. The van der Waals surface area contributed by atoms with Crippen molar-refractivity contribution < 1.29 is 18.0 Å². The standard InChI is InChI=1S/C28H31Cl2N3O4S/c1-4-20(2)31-28(35)21(3)32(18-22-11-7-5-8-12-22)27(34)19-33(23-15-16-25(29)26(30)17-23)38(36,37)24-13-9-6-10-14-24/h5-17,20-21H,4,18-19H2,1-3H3,(H,31,35)/t20-,21-/m0/s1. The molecule has 0 radical (unpaired) electrons. The van der Waals surface area contributed by atoms with E-state index in [9.17, 15) is 18.0 Å². The Bertz CT molecular complexity index is 1360. The molecule has 0 spiro atoms. The van der Waals surface area contributed by atoms with Gasteiger partial charge in [0, 0.05) is 12.6 Å². The van der Waals surface area contributed by atoms with Crippen LogP contribution in [0.2, 0.25) is 10.0 Å². The molecule has 2 atom stereocenters. The highest BCUT2D eigenvalue weighted by molar-refractivity contribution is 7.92. The largest absolute Gasteiger partial charge is 0.352 e. The van der Waals surface area contributed by atoms with Crippen molar-refractivity contribution in [2.45, 2.75) is 50.7 Å². The molecule has 0 aromatic heterocycles. The molecule has 0 aliphatic heterocycles. The summed E-state index contributed by atoms with van der Waals surface area (Å²) in [6.45, 7) is 5.03. The summed E-state index contributed by atoms with van der Waals surface area (Å²) in [5, 5.41) is 3.30. The second kappa shape index (κ2) is 13.1. The molecule has 0 saturated carbocycles. The van der Waals surface area contributed by atoms with Crippen molar-refractivity contribution in [3.05, 3.63) is 94.5 Å². The van der Waals surface area contributed by atoms with Gasteiger partial charge in [-0.15, -0.1) is 0 Å². The Morgan fingerprint density at radius 3 is 2.08 bits per heavy atom. The Morgan fingerprint density at radius 1 is 0.895 bits per heavy atom. The lowest BCUT2D eigenvalue weighted by Gasteiger charge is -2.32. The number of nitrogens with zero attached hydrogens (tertiary/aromatic N) is 2. The van der Waals surface area contributed by atoms with Crippen molar-refractivity contribution in [2.75, 3.05) is 10.8 Å². The van der Waals surface area contributed by atoms with Crippen molar-refractivity contribution in [1.29, 1.82) is 0 Å². The van der Waals surface area contributed by atoms with Gasteiger partial charge in [-0.25, -0.2) is 8.42 Å². The van der Waals surface area contributed by atoms with E-state index in [2.05, 4.69) is 5.32 Å². The van der Waals surface area contributed by atoms with E-state index < -0.39 is 28.5 Å². The first-order chi connectivity index (χ1) is 18.0. The molecular formula is C28H31Cl2N3O4S. The van der Waals surface area contributed by atoms with E-state index >= 15 is 0 Å². The number of hydrogen-bond donors (Lipinski definition) is 1. The van der Waals surface area contributed by atoms with E-state index in [-0.39, 0.29) is 39.1 Å². The van der Waals surface area contributed by atoms with Crippen LogP contribution in [-0.2, 0) is 26.2 Å². The van der Waals surface area contributed by atoms with Gasteiger partial charge in [0.15, 0.2) is 0 Å². The maximum absolute atomic E-state index is 13.8. The minimum absolute atomic E-state index is 0.0102. The summed E-state index contributed by atoms with van der Waals surface area (Å²) in [4.78, 5) is 28.3. The van der Waals surface area contributed by atoms with Crippen LogP contribution in [-0.4, -0.2) is 43.8 Å². The van der Waals surface area contributed by atoms with Gasteiger partial charge in [0.2, 0.25) is 11.8 Å². The Morgan fingerprint density at radius 2 is 1.50 bits per heavy atom. The lowest BCUT2D eigenvalue weighted by Crippen LogP contribution is -2.52. The van der Waals surface area contributed by atoms with Gasteiger partial charge in [-0.1, -0.05) is 78.7 Å². The number of rotatable bonds is 11. The zero-order valence-corrected chi connectivity index (χ0v) is 23.8. The smallest absolute Gasteiger partial charge is 0.264 e. The van der Waals surface area contributed by atoms with E-state index in [1.165, 1.54) is 35.2 Å². The summed E-state index contributed by atoms with van der Waals surface area (Å²) >= 11 is 12.3. The molecule has 38 heavy (non-hydrogen) atoms. The van der Waals surface area contributed by atoms with E-state index in [1.807, 2.05) is 44.2 Å². The van der Waals surface area contributed by atoms with Crippen molar-refractivity contribution >= 4 is 50.7 Å². The monoisotopic (exact) mass is 575 g/mol. The van der Waals surface area contributed by atoms with Crippen molar-refractivity contribution in [3.63, 3.8) is 0 Å². The van der Waals surface area contributed by atoms with E-state index in [0.717, 1.165) is 16.3 Å². The highest BCUT2D eigenvalue weighted by Gasteiger charge is 2.33. The van der Waals surface area contributed by atoms with E-state index in [4.69, 9.17) is 23.2 Å². The number of hydrogen-bond acceptors (Lipinski definition) is 4. The topological polar surface area (TPSA) is 86.8 Å². The number of sulfonamides is 1. The van der Waals surface area contributed by atoms with Crippen LogP contribution in [0.25, 0.3) is 0 Å². The number of nitrogens with one attached hydrogen (secondary N) is 1. The molecule has 2 amide bonds. The molecule has 0 saturated heterocycles. The normalized spacial score (nSPS) is 12.9. The van der Waals surface area contributed by atoms with Gasteiger partial charge in [-0.3, -0.25) is 13.9 Å². The number of anilines is 1. The van der Waals surface area contributed by atoms with Crippen LogP contribution in [0.3, 0.4) is 0 Å². The SMILES string of the molecule is CC[C@H](C)NC(=O)[C@H](C)N(Cc1ccccc1)C(=O)CN(c1ccc(Cl)c(Cl)c1)S(=O)(=O)c1ccccc1. The highest BCUT2D eigenvalue weighted by atomic mass is 35.5. The highest BCUT2D eigenvalue weighted by Crippen LogP contribution is 2.30. The first-order valence-electron chi connectivity index (χ1n) is 12.2. The van der Waals surface area contributed by atoms with Gasteiger partial charge in [0.25, 0.3) is 10.0 Å². The zero-order chi connectivity index (χ0) is 27.9. The fourth-order valence-electron chi connectivity index (χ4n) is 3.72. The molecule has 0 unspecified atom stereocenters. The second-order valence-corrected chi connectivity index (χ2v) is 11.6.